The standard InChI is InChI=1S/C9H10N4/c1-13-5-7-3-8(11)6(4-10)2-9(7)12/h2-3,5H,11-12H2,1H3. The van der Waals surface area contributed by atoms with E-state index in [1.54, 1.807) is 25.4 Å². The lowest BCUT2D eigenvalue weighted by Gasteiger charge is -2.02. The van der Waals surface area contributed by atoms with Gasteiger partial charge >= 0.3 is 0 Å². The molecule has 0 bridgehead atoms. The topological polar surface area (TPSA) is 88.2 Å². The molecular weight excluding hydrogens is 164 g/mol. The van der Waals surface area contributed by atoms with Crippen LogP contribution in [0.25, 0.3) is 0 Å². The van der Waals surface area contributed by atoms with Crippen molar-refractivity contribution in [3.05, 3.63) is 23.3 Å². The van der Waals surface area contributed by atoms with Crippen LogP contribution >= 0.6 is 0 Å². The fraction of sp³-hybridized carbons (Fsp3) is 0.111. The van der Waals surface area contributed by atoms with Crippen LogP contribution in [0, 0.1) is 11.3 Å². The molecule has 1 aromatic rings. The third-order valence-corrected chi connectivity index (χ3v) is 1.64. The van der Waals surface area contributed by atoms with E-state index in [9.17, 15) is 0 Å². The number of aliphatic imine (C=N–C) groups is 1. The average molecular weight is 174 g/mol. The molecule has 0 aliphatic carbocycles. The van der Waals surface area contributed by atoms with Crippen molar-refractivity contribution in [1.29, 1.82) is 5.26 Å². The van der Waals surface area contributed by atoms with Crippen LogP contribution < -0.4 is 11.5 Å². The zero-order valence-corrected chi connectivity index (χ0v) is 7.28. The van der Waals surface area contributed by atoms with Gasteiger partial charge in [-0.3, -0.25) is 4.99 Å². The van der Waals surface area contributed by atoms with E-state index in [1.807, 2.05) is 6.07 Å². The second-order valence-electron chi connectivity index (χ2n) is 2.57. The lowest BCUT2D eigenvalue weighted by Crippen LogP contribution is -1.98. The van der Waals surface area contributed by atoms with Gasteiger partial charge in [0.1, 0.15) is 6.07 Å². The van der Waals surface area contributed by atoms with Crippen LogP contribution in [-0.2, 0) is 0 Å². The molecule has 4 heteroatoms. The van der Waals surface area contributed by atoms with Crippen molar-refractivity contribution in [2.45, 2.75) is 0 Å². The van der Waals surface area contributed by atoms with Gasteiger partial charge in [-0.05, 0) is 12.1 Å². The van der Waals surface area contributed by atoms with Gasteiger partial charge in [-0.25, -0.2) is 0 Å². The number of nitrogens with zero attached hydrogens (tertiary/aromatic N) is 2. The highest BCUT2D eigenvalue weighted by molar-refractivity contribution is 5.89. The lowest BCUT2D eigenvalue weighted by molar-refractivity contribution is 1.45. The Balaban J connectivity index is 3.30. The van der Waals surface area contributed by atoms with Crippen molar-refractivity contribution < 1.29 is 0 Å². The first-order chi connectivity index (χ1) is 6.19. The Hall–Kier alpha value is -2.02. The van der Waals surface area contributed by atoms with E-state index in [2.05, 4.69) is 4.99 Å². The number of benzene rings is 1. The SMILES string of the molecule is CN=Cc1cc(N)c(C#N)cc1N. The minimum absolute atomic E-state index is 0.394. The first kappa shape index (κ1) is 9.07. The Morgan fingerprint density at radius 2 is 2.08 bits per heavy atom. The summed E-state index contributed by atoms with van der Waals surface area (Å²) in [7, 11) is 1.65. The summed E-state index contributed by atoms with van der Waals surface area (Å²) in [5.74, 6) is 0. The Morgan fingerprint density at radius 1 is 1.38 bits per heavy atom. The van der Waals surface area contributed by atoms with Crippen LogP contribution in [0.2, 0.25) is 0 Å². The molecule has 0 radical (unpaired) electrons. The van der Waals surface area contributed by atoms with E-state index >= 15 is 0 Å². The van der Waals surface area contributed by atoms with Gasteiger partial charge in [0.15, 0.2) is 0 Å². The van der Waals surface area contributed by atoms with Gasteiger partial charge in [-0.15, -0.1) is 0 Å². The summed E-state index contributed by atoms with van der Waals surface area (Å²) in [4.78, 5) is 3.82. The fourth-order valence-electron chi connectivity index (χ4n) is 0.998. The summed E-state index contributed by atoms with van der Waals surface area (Å²) in [5.41, 5.74) is 13.3. The molecule has 1 aromatic carbocycles. The average Bonchev–Trinajstić information content (AvgIpc) is 2.11. The van der Waals surface area contributed by atoms with Gasteiger partial charge in [-0.1, -0.05) is 0 Å². The molecule has 0 saturated carbocycles. The number of nitrogen functional groups attached to an aromatic ring is 2. The minimum Gasteiger partial charge on any atom is -0.398 e. The van der Waals surface area contributed by atoms with Crippen LogP contribution in [0.15, 0.2) is 17.1 Å². The molecule has 66 valence electrons. The van der Waals surface area contributed by atoms with Gasteiger partial charge in [0.2, 0.25) is 0 Å². The van der Waals surface area contributed by atoms with Crippen molar-refractivity contribution in [2.24, 2.45) is 4.99 Å². The van der Waals surface area contributed by atoms with Gasteiger partial charge in [0.05, 0.1) is 11.3 Å². The number of hydrogen-bond acceptors (Lipinski definition) is 4. The van der Waals surface area contributed by atoms with E-state index in [1.165, 1.54) is 0 Å². The van der Waals surface area contributed by atoms with Crippen molar-refractivity contribution in [1.82, 2.24) is 0 Å². The molecule has 4 nitrogen and oxygen atoms in total. The van der Waals surface area contributed by atoms with Crippen LogP contribution in [0.4, 0.5) is 11.4 Å². The summed E-state index contributed by atoms with van der Waals surface area (Å²) in [6.07, 6.45) is 1.60. The molecule has 0 aromatic heterocycles. The normalized spacial score (nSPS) is 10.2. The maximum atomic E-state index is 8.64. The summed E-state index contributed by atoms with van der Waals surface area (Å²) >= 11 is 0. The molecule has 0 aliphatic rings. The van der Waals surface area contributed by atoms with E-state index in [0.29, 0.717) is 16.9 Å². The number of anilines is 2. The number of nitrogens with two attached hydrogens (primary N) is 2. The monoisotopic (exact) mass is 174 g/mol. The number of hydrogen-bond donors (Lipinski definition) is 2. The summed E-state index contributed by atoms with van der Waals surface area (Å²) in [6.45, 7) is 0. The highest BCUT2D eigenvalue weighted by Crippen LogP contribution is 2.18. The van der Waals surface area contributed by atoms with Crippen molar-refractivity contribution in [3.8, 4) is 6.07 Å². The van der Waals surface area contributed by atoms with Gasteiger partial charge in [0, 0.05) is 24.5 Å². The molecule has 0 fully saturated rings. The van der Waals surface area contributed by atoms with Gasteiger partial charge < -0.3 is 11.5 Å². The van der Waals surface area contributed by atoms with Crippen LogP contribution in [0.3, 0.4) is 0 Å². The molecule has 0 heterocycles. The first-order valence-corrected chi connectivity index (χ1v) is 3.70. The lowest BCUT2D eigenvalue weighted by atomic mass is 10.1. The smallest absolute Gasteiger partial charge is 0.101 e. The summed E-state index contributed by atoms with van der Waals surface area (Å²) < 4.78 is 0. The molecule has 0 unspecified atom stereocenters. The molecule has 1 rings (SSSR count). The Labute approximate surface area is 76.5 Å². The van der Waals surface area contributed by atoms with E-state index < -0.39 is 0 Å². The summed E-state index contributed by atoms with van der Waals surface area (Å²) in [5, 5.41) is 8.64. The van der Waals surface area contributed by atoms with E-state index in [0.717, 1.165) is 5.56 Å². The summed E-state index contributed by atoms with van der Waals surface area (Å²) in [6, 6.07) is 5.14. The van der Waals surface area contributed by atoms with E-state index in [-0.39, 0.29) is 0 Å². The molecule has 0 saturated heterocycles. The van der Waals surface area contributed by atoms with Gasteiger partial charge in [-0.2, -0.15) is 5.26 Å². The largest absolute Gasteiger partial charge is 0.398 e. The minimum atomic E-state index is 0.394. The zero-order chi connectivity index (χ0) is 9.84. The highest BCUT2D eigenvalue weighted by atomic mass is 14.7. The van der Waals surface area contributed by atoms with Crippen LogP contribution in [0.5, 0.6) is 0 Å². The van der Waals surface area contributed by atoms with Crippen molar-refractivity contribution in [3.63, 3.8) is 0 Å². The second-order valence-corrected chi connectivity index (χ2v) is 2.57. The third-order valence-electron chi connectivity index (χ3n) is 1.64. The first-order valence-electron chi connectivity index (χ1n) is 3.70. The van der Waals surface area contributed by atoms with Gasteiger partial charge in [0.25, 0.3) is 0 Å². The molecule has 0 atom stereocenters. The number of nitriles is 1. The molecule has 4 N–H and O–H groups in total. The Morgan fingerprint density at radius 3 is 2.62 bits per heavy atom. The van der Waals surface area contributed by atoms with Crippen molar-refractivity contribution in [2.75, 3.05) is 18.5 Å². The quantitative estimate of drug-likeness (QED) is 0.487. The van der Waals surface area contributed by atoms with E-state index in [4.69, 9.17) is 16.7 Å². The fourth-order valence-corrected chi connectivity index (χ4v) is 0.998. The highest BCUT2D eigenvalue weighted by Gasteiger charge is 2.02. The van der Waals surface area contributed by atoms with Crippen molar-refractivity contribution >= 4 is 17.6 Å². The molecule has 13 heavy (non-hydrogen) atoms. The zero-order valence-electron chi connectivity index (χ0n) is 7.28. The molecule has 0 aliphatic heterocycles. The molecule has 0 amide bonds. The maximum absolute atomic E-state index is 8.64. The third kappa shape index (κ3) is 1.76. The van der Waals surface area contributed by atoms with Crippen LogP contribution in [0.1, 0.15) is 11.1 Å². The predicted molar refractivity (Wildman–Crippen MR) is 53.5 cm³/mol. The Bertz CT molecular complexity index is 387. The maximum Gasteiger partial charge on any atom is 0.101 e. The van der Waals surface area contributed by atoms with Crippen LogP contribution in [-0.4, -0.2) is 13.3 Å². The molecule has 0 spiro atoms. The second kappa shape index (κ2) is 3.59. The predicted octanol–water partition coefficient (Wildman–Crippen LogP) is 0.771. The Kier molecular flexibility index (Phi) is 2.50. The molecular formula is C9H10N4. The number of rotatable bonds is 1.